The summed E-state index contributed by atoms with van der Waals surface area (Å²) in [6, 6.07) is 3.79. The molecule has 1 rings (SSSR count). The topological polar surface area (TPSA) is 20.2 Å². The molecule has 0 aliphatic heterocycles. The summed E-state index contributed by atoms with van der Waals surface area (Å²) in [5.41, 5.74) is 1.81. The highest BCUT2D eigenvalue weighted by atomic mass is 79.9. The van der Waals surface area contributed by atoms with E-state index in [-0.39, 0.29) is 0 Å². The number of phenols is 1. The van der Waals surface area contributed by atoms with Gasteiger partial charge in [-0.05, 0) is 24.6 Å². The van der Waals surface area contributed by atoms with Crippen molar-refractivity contribution in [1.82, 2.24) is 0 Å². The normalized spacial score (nSPS) is 10.1. The SMILES string of the molecule is Cc1cc(Br)cc(CBr)c1O. The minimum Gasteiger partial charge on any atom is -0.507 e. The number of halogens is 2. The lowest BCUT2D eigenvalue weighted by atomic mass is 10.1. The molecular weight excluding hydrogens is 272 g/mol. The molecule has 0 heterocycles. The van der Waals surface area contributed by atoms with Crippen LogP contribution in [0.2, 0.25) is 0 Å². The molecule has 1 N–H and O–H groups in total. The zero-order valence-corrected chi connectivity index (χ0v) is 9.24. The van der Waals surface area contributed by atoms with Gasteiger partial charge in [0.15, 0.2) is 0 Å². The fourth-order valence-corrected chi connectivity index (χ4v) is 1.95. The second-order valence-electron chi connectivity index (χ2n) is 2.36. The number of aromatic hydroxyl groups is 1. The highest BCUT2D eigenvalue weighted by molar-refractivity contribution is 9.10. The van der Waals surface area contributed by atoms with Gasteiger partial charge in [-0.3, -0.25) is 0 Å². The summed E-state index contributed by atoms with van der Waals surface area (Å²) in [7, 11) is 0. The summed E-state index contributed by atoms with van der Waals surface area (Å²) in [5.74, 6) is 0.380. The maximum Gasteiger partial charge on any atom is 0.122 e. The van der Waals surface area contributed by atoms with E-state index in [1.54, 1.807) is 0 Å². The van der Waals surface area contributed by atoms with Gasteiger partial charge in [0, 0.05) is 15.4 Å². The molecule has 3 heteroatoms. The number of phenolic OH excluding ortho intramolecular Hbond substituents is 1. The average molecular weight is 280 g/mol. The molecule has 0 aliphatic carbocycles. The summed E-state index contributed by atoms with van der Waals surface area (Å²) in [6.45, 7) is 1.88. The summed E-state index contributed by atoms with van der Waals surface area (Å²) < 4.78 is 1.00. The molecule has 0 spiro atoms. The van der Waals surface area contributed by atoms with Crippen LogP contribution in [0.5, 0.6) is 5.75 Å². The van der Waals surface area contributed by atoms with Gasteiger partial charge in [-0.15, -0.1) is 0 Å². The van der Waals surface area contributed by atoms with Crippen LogP contribution in [0, 0.1) is 6.92 Å². The number of benzene rings is 1. The first-order valence-electron chi connectivity index (χ1n) is 3.19. The lowest BCUT2D eigenvalue weighted by Crippen LogP contribution is -1.83. The minimum atomic E-state index is 0.380. The fraction of sp³-hybridized carbons (Fsp3) is 0.250. The molecule has 1 aromatic rings. The Hall–Kier alpha value is -0.0200. The van der Waals surface area contributed by atoms with E-state index in [2.05, 4.69) is 31.9 Å². The Kier molecular flexibility index (Phi) is 2.96. The Balaban J connectivity index is 3.24. The van der Waals surface area contributed by atoms with E-state index < -0.39 is 0 Å². The zero-order chi connectivity index (χ0) is 8.43. The maximum absolute atomic E-state index is 9.47. The average Bonchev–Trinajstić information content (AvgIpc) is 1.96. The van der Waals surface area contributed by atoms with Gasteiger partial charge < -0.3 is 5.11 Å². The van der Waals surface area contributed by atoms with Gasteiger partial charge in [0.25, 0.3) is 0 Å². The maximum atomic E-state index is 9.47. The van der Waals surface area contributed by atoms with E-state index >= 15 is 0 Å². The van der Waals surface area contributed by atoms with Crippen molar-refractivity contribution in [3.8, 4) is 5.75 Å². The predicted molar refractivity (Wildman–Crippen MR) is 53.2 cm³/mol. The number of alkyl halides is 1. The fourth-order valence-electron chi connectivity index (χ4n) is 0.907. The molecule has 0 aliphatic rings. The van der Waals surface area contributed by atoms with Gasteiger partial charge in [-0.2, -0.15) is 0 Å². The minimum absolute atomic E-state index is 0.380. The van der Waals surface area contributed by atoms with Crippen molar-refractivity contribution >= 4 is 31.9 Å². The second-order valence-corrected chi connectivity index (χ2v) is 3.84. The van der Waals surface area contributed by atoms with Crippen molar-refractivity contribution in [2.75, 3.05) is 0 Å². The molecule has 0 aromatic heterocycles. The lowest BCUT2D eigenvalue weighted by Gasteiger charge is -2.04. The third-order valence-corrected chi connectivity index (χ3v) is 2.55. The highest BCUT2D eigenvalue weighted by Crippen LogP contribution is 2.27. The Morgan fingerprint density at radius 1 is 1.45 bits per heavy atom. The predicted octanol–water partition coefficient (Wildman–Crippen LogP) is 3.36. The summed E-state index contributed by atoms with van der Waals surface area (Å²) in [5, 5.41) is 10.2. The molecule has 1 aromatic carbocycles. The van der Waals surface area contributed by atoms with Crippen LogP contribution in [0.3, 0.4) is 0 Å². The van der Waals surface area contributed by atoms with Gasteiger partial charge in [0.05, 0.1) is 0 Å². The number of hydrogen-bond donors (Lipinski definition) is 1. The number of aryl methyl sites for hydroxylation is 1. The van der Waals surface area contributed by atoms with Crippen LogP contribution in [0.25, 0.3) is 0 Å². The smallest absolute Gasteiger partial charge is 0.122 e. The Morgan fingerprint density at radius 3 is 2.64 bits per heavy atom. The van der Waals surface area contributed by atoms with Gasteiger partial charge in [-0.25, -0.2) is 0 Å². The molecule has 0 fully saturated rings. The molecule has 1 nitrogen and oxygen atoms in total. The van der Waals surface area contributed by atoms with Crippen LogP contribution in [0.15, 0.2) is 16.6 Å². The summed E-state index contributed by atoms with van der Waals surface area (Å²) >= 11 is 6.65. The molecule has 0 saturated carbocycles. The van der Waals surface area contributed by atoms with Crippen LogP contribution in [-0.4, -0.2) is 5.11 Å². The lowest BCUT2D eigenvalue weighted by molar-refractivity contribution is 0.466. The van der Waals surface area contributed by atoms with Gasteiger partial charge >= 0.3 is 0 Å². The molecule has 11 heavy (non-hydrogen) atoms. The Morgan fingerprint density at radius 2 is 2.09 bits per heavy atom. The van der Waals surface area contributed by atoms with E-state index in [0.717, 1.165) is 15.6 Å². The molecule has 0 saturated heterocycles. The number of hydrogen-bond acceptors (Lipinski definition) is 1. The quantitative estimate of drug-likeness (QED) is 0.782. The first-order valence-corrected chi connectivity index (χ1v) is 5.10. The van der Waals surface area contributed by atoms with Crippen LogP contribution in [-0.2, 0) is 5.33 Å². The zero-order valence-electron chi connectivity index (χ0n) is 6.06. The third-order valence-electron chi connectivity index (χ3n) is 1.49. The largest absolute Gasteiger partial charge is 0.507 e. The van der Waals surface area contributed by atoms with Gasteiger partial charge in [-0.1, -0.05) is 31.9 Å². The van der Waals surface area contributed by atoms with Crippen molar-refractivity contribution < 1.29 is 5.11 Å². The van der Waals surface area contributed by atoms with Crippen molar-refractivity contribution in [2.45, 2.75) is 12.3 Å². The first kappa shape index (κ1) is 9.07. The van der Waals surface area contributed by atoms with E-state index in [4.69, 9.17) is 0 Å². The van der Waals surface area contributed by atoms with E-state index in [1.807, 2.05) is 19.1 Å². The van der Waals surface area contributed by atoms with Crippen molar-refractivity contribution in [3.63, 3.8) is 0 Å². The van der Waals surface area contributed by atoms with Crippen molar-refractivity contribution in [2.24, 2.45) is 0 Å². The summed E-state index contributed by atoms with van der Waals surface area (Å²) in [4.78, 5) is 0. The molecule has 0 bridgehead atoms. The second kappa shape index (κ2) is 3.59. The third kappa shape index (κ3) is 1.97. The van der Waals surface area contributed by atoms with E-state index in [0.29, 0.717) is 11.1 Å². The van der Waals surface area contributed by atoms with Gasteiger partial charge in [0.1, 0.15) is 5.75 Å². The van der Waals surface area contributed by atoms with E-state index in [9.17, 15) is 5.11 Å². The molecular formula is C8H8Br2O. The molecule has 0 unspecified atom stereocenters. The first-order chi connectivity index (χ1) is 5.15. The Labute approximate surface area is 82.7 Å². The summed E-state index contributed by atoms with van der Waals surface area (Å²) in [6.07, 6.45) is 0. The van der Waals surface area contributed by atoms with Crippen LogP contribution in [0.1, 0.15) is 11.1 Å². The highest BCUT2D eigenvalue weighted by Gasteiger charge is 2.03. The van der Waals surface area contributed by atoms with Crippen LogP contribution >= 0.6 is 31.9 Å². The molecule has 0 amide bonds. The molecule has 0 atom stereocenters. The van der Waals surface area contributed by atoms with Crippen LogP contribution < -0.4 is 0 Å². The van der Waals surface area contributed by atoms with E-state index in [1.165, 1.54) is 0 Å². The standard InChI is InChI=1S/C8H8Br2O/c1-5-2-7(10)3-6(4-9)8(5)11/h2-3,11H,4H2,1H3. The molecule has 0 radical (unpaired) electrons. The van der Waals surface area contributed by atoms with Crippen molar-refractivity contribution in [3.05, 3.63) is 27.7 Å². The number of rotatable bonds is 1. The van der Waals surface area contributed by atoms with Gasteiger partial charge in [0.2, 0.25) is 0 Å². The Bertz CT molecular complexity index is 271. The van der Waals surface area contributed by atoms with Crippen molar-refractivity contribution in [1.29, 1.82) is 0 Å². The van der Waals surface area contributed by atoms with Crippen LogP contribution in [0.4, 0.5) is 0 Å². The monoisotopic (exact) mass is 278 g/mol. The molecule has 60 valence electrons.